The molecule has 0 amide bonds. The molecule has 0 aromatic carbocycles. The average molecular weight is 347 g/mol. The number of hydrogen-bond donors (Lipinski definition) is 4. The second-order valence-corrected chi connectivity index (χ2v) is 5.88. The first-order valence-corrected chi connectivity index (χ1v) is 7.94. The third-order valence-electron chi connectivity index (χ3n) is 1.91. The van der Waals surface area contributed by atoms with E-state index in [2.05, 4.69) is 25.6 Å². The fourth-order valence-electron chi connectivity index (χ4n) is 1.20. The molecule has 0 bridgehead atoms. The lowest BCUT2D eigenvalue weighted by Gasteiger charge is -2.14. The van der Waals surface area contributed by atoms with Crippen LogP contribution in [-0.4, -0.2) is 51.6 Å². The van der Waals surface area contributed by atoms with Gasteiger partial charge in [0.1, 0.15) is 0 Å². The van der Waals surface area contributed by atoms with Crippen LogP contribution in [-0.2, 0) is 10.4 Å². The number of anilines is 3. The van der Waals surface area contributed by atoms with Crippen LogP contribution in [0, 0.1) is 11.5 Å². The molecule has 4 N–H and O–H groups in total. The average Bonchev–Trinajstić information content (AvgIpc) is 2.33. The van der Waals surface area contributed by atoms with Gasteiger partial charge in [0.25, 0.3) is 0 Å². The highest BCUT2D eigenvalue weighted by Gasteiger charge is 2.11. The molecular formula is C11H21N7O4S. The van der Waals surface area contributed by atoms with Gasteiger partial charge in [0.05, 0.1) is 0 Å². The third-order valence-corrected chi connectivity index (χ3v) is 1.91. The van der Waals surface area contributed by atoms with E-state index in [-0.39, 0.29) is 12.1 Å². The van der Waals surface area contributed by atoms with Gasteiger partial charge in [-0.3, -0.25) is 14.0 Å². The van der Waals surface area contributed by atoms with Crippen molar-refractivity contribution in [3.05, 3.63) is 0 Å². The lowest BCUT2D eigenvalue weighted by molar-refractivity contribution is 0.381. The van der Waals surface area contributed by atoms with Gasteiger partial charge in [-0.1, -0.05) is 0 Å². The molecule has 1 aromatic rings. The third kappa shape index (κ3) is 11.0. The Hall–Kier alpha value is -2.23. The fraction of sp³-hybridized carbons (Fsp3) is 0.636. The number of hydrogen-bond acceptors (Lipinski definition) is 9. The monoisotopic (exact) mass is 347 g/mol. The summed E-state index contributed by atoms with van der Waals surface area (Å²) in [7, 11) is -3.06. The van der Waals surface area contributed by atoms with Gasteiger partial charge in [-0.2, -0.15) is 28.6 Å². The van der Waals surface area contributed by atoms with Gasteiger partial charge in [-0.25, -0.2) is 0 Å². The van der Waals surface area contributed by atoms with Crippen LogP contribution < -0.4 is 15.5 Å². The van der Waals surface area contributed by atoms with E-state index in [0.717, 1.165) is 0 Å². The minimum atomic E-state index is -4.67. The Morgan fingerprint density at radius 1 is 1.04 bits per heavy atom. The van der Waals surface area contributed by atoms with E-state index in [1.54, 1.807) is 7.05 Å². The molecule has 1 rings (SSSR count). The molecule has 130 valence electrons. The molecule has 0 atom stereocenters. The minimum Gasteiger partial charge on any atom is -0.352 e. The van der Waals surface area contributed by atoms with E-state index in [1.807, 2.05) is 33.9 Å². The lowest BCUT2D eigenvalue weighted by atomic mass is 10.4. The van der Waals surface area contributed by atoms with Gasteiger partial charge in [-0.05, 0) is 27.7 Å². The van der Waals surface area contributed by atoms with Gasteiger partial charge >= 0.3 is 10.4 Å². The molecule has 0 aliphatic rings. The summed E-state index contributed by atoms with van der Waals surface area (Å²) in [6.07, 6.45) is 1.97. The first kappa shape index (κ1) is 20.8. The topological polar surface area (TPSA) is 164 Å². The maximum absolute atomic E-state index is 8.87. The van der Waals surface area contributed by atoms with Crippen molar-refractivity contribution < 1.29 is 17.5 Å². The summed E-state index contributed by atoms with van der Waals surface area (Å²) in [5.74, 6) is 1.24. The highest BCUT2D eigenvalue weighted by molar-refractivity contribution is 7.79. The zero-order valence-corrected chi connectivity index (χ0v) is 14.3. The second-order valence-electron chi connectivity index (χ2n) is 4.99. The summed E-state index contributed by atoms with van der Waals surface area (Å²) in [6, 6.07) is 0.416. The van der Waals surface area contributed by atoms with E-state index >= 15 is 0 Å². The van der Waals surface area contributed by atoms with Crippen LogP contribution in [0.1, 0.15) is 27.7 Å². The molecule has 1 heterocycles. The summed E-state index contributed by atoms with van der Waals surface area (Å²) in [5, 5.41) is 15.1. The molecular weight excluding hydrogens is 326 g/mol. The van der Waals surface area contributed by atoms with Crippen molar-refractivity contribution in [3.8, 4) is 6.19 Å². The van der Waals surface area contributed by atoms with Crippen LogP contribution in [0.2, 0.25) is 0 Å². The van der Waals surface area contributed by atoms with Crippen molar-refractivity contribution >= 4 is 28.2 Å². The number of nitrogens with zero attached hydrogens (tertiary/aromatic N) is 5. The quantitative estimate of drug-likeness (QED) is 0.338. The van der Waals surface area contributed by atoms with Crippen LogP contribution in [0.5, 0.6) is 0 Å². The summed E-state index contributed by atoms with van der Waals surface area (Å²) in [4.78, 5) is 13.9. The van der Waals surface area contributed by atoms with Crippen molar-refractivity contribution in [3.63, 3.8) is 0 Å². The van der Waals surface area contributed by atoms with E-state index in [0.29, 0.717) is 17.8 Å². The maximum atomic E-state index is 8.87. The molecule has 0 radical (unpaired) electrons. The van der Waals surface area contributed by atoms with Crippen LogP contribution in [0.4, 0.5) is 17.8 Å². The summed E-state index contributed by atoms with van der Waals surface area (Å²) in [5.41, 5.74) is 0. The van der Waals surface area contributed by atoms with Gasteiger partial charge in [-0.15, -0.1) is 0 Å². The van der Waals surface area contributed by atoms with E-state index in [1.165, 1.54) is 4.90 Å². The fourth-order valence-corrected chi connectivity index (χ4v) is 1.20. The molecule has 0 aliphatic heterocycles. The zero-order valence-electron chi connectivity index (χ0n) is 13.5. The molecule has 0 saturated carbocycles. The van der Waals surface area contributed by atoms with E-state index < -0.39 is 10.4 Å². The van der Waals surface area contributed by atoms with Crippen LogP contribution in [0.25, 0.3) is 0 Å². The predicted molar refractivity (Wildman–Crippen MR) is 85.5 cm³/mol. The molecule has 0 saturated heterocycles. The standard InChI is InChI=1S/C11H19N7.H2O4S/c1-7(2)13-9-15-10(14-8(3)4)17-11(16-9)18(5)6-12;1-5(2,3)4/h7-8H,1-5H3,(H2,13,14,15,16,17);(H2,1,2,3,4). The predicted octanol–water partition coefficient (Wildman–Crippen LogP) is 0.777. The summed E-state index contributed by atoms with van der Waals surface area (Å²) < 4.78 is 31.6. The van der Waals surface area contributed by atoms with E-state index in [4.69, 9.17) is 22.8 Å². The Bertz CT molecular complexity index is 606. The van der Waals surface area contributed by atoms with Crippen molar-refractivity contribution in [1.29, 1.82) is 5.26 Å². The Balaban J connectivity index is 0.000000841. The molecule has 0 spiro atoms. The maximum Gasteiger partial charge on any atom is 0.394 e. The normalized spacial score (nSPS) is 10.6. The van der Waals surface area contributed by atoms with Gasteiger partial charge in [0.2, 0.25) is 17.8 Å². The zero-order chi connectivity index (χ0) is 18.2. The lowest BCUT2D eigenvalue weighted by Crippen LogP contribution is -2.20. The highest BCUT2D eigenvalue weighted by Crippen LogP contribution is 2.13. The number of nitriles is 1. The molecule has 1 aromatic heterocycles. The number of rotatable bonds is 5. The summed E-state index contributed by atoms with van der Waals surface area (Å²) in [6.45, 7) is 7.97. The Morgan fingerprint density at radius 2 is 1.39 bits per heavy atom. The van der Waals surface area contributed by atoms with Crippen LogP contribution in [0.15, 0.2) is 0 Å². The number of nitrogens with one attached hydrogen (secondary N) is 2. The van der Waals surface area contributed by atoms with Crippen molar-refractivity contribution in [2.24, 2.45) is 0 Å². The molecule has 12 heteroatoms. The SMILES string of the molecule is CC(C)Nc1nc(NC(C)C)nc(N(C)C#N)n1.O=S(=O)(O)O. The minimum absolute atomic E-state index is 0.208. The Morgan fingerprint density at radius 3 is 1.65 bits per heavy atom. The largest absolute Gasteiger partial charge is 0.394 e. The van der Waals surface area contributed by atoms with Gasteiger partial charge in [0.15, 0.2) is 6.19 Å². The Kier molecular flexibility index (Phi) is 8.16. The molecule has 0 aliphatic carbocycles. The highest BCUT2D eigenvalue weighted by atomic mass is 32.3. The Labute approximate surface area is 135 Å². The van der Waals surface area contributed by atoms with Crippen LogP contribution in [0.3, 0.4) is 0 Å². The number of aromatic nitrogens is 3. The first-order valence-electron chi connectivity index (χ1n) is 6.54. The second kappa shape index (κ2) is 9.03. The van der Waals surface area contributed by atoms with Crippen molar-refractivity contribution in [1.82, 2.24) is 15.0 Å². The first-order chi connectivity index (χ1) is 10.4. The van der Waals surface area contributed by atoms with E-state index in [9.17, 15) is 0 Å². The smallest absolute Gasteiger partial charge is 0.352 e. The van der Waals surface area contributed by atoms with Gasteiger partial charge < -0.3 is 10.6 Å². The van der Waals surface area contributed by atoms with Crippen LogP contribution >= 0.6 is 0 Å². The molecule has 11 nitrogen and oxygen atoms in total. The molecule has 0 unspecified atom stereocenters. The summed E-state index contributed by atoms with van der Waals surface area (Å²) >= 11 is 0. The van der Waals surface area contributed by atoms with Crippen molar-refractivity contribution in [2.45, 2.75) is 39.8 Å². The van der Waals surface area contributed by atoms with Crippen molar-refractivity contribution in [2.75, 3.05) is 22.6 Å². The molecule has 23 heavy (non-hydrogen) atoms. The molecule has 0 fully saturated rings. The van der Waals surface area contributed by atoms with Gasteiger partial charge in [0, 0.05) is 19.1 Å².